The Morgan fingerprint density at radius 3 is 2.44 bits per heavy atom. The lowest BCUT2D eigenvalue weighted by molar-refractivity contribution is -0.123. The molecule has 0 aromatic heterocycles. The van der Waals surface area contributed by atoms with Gasteiger partial charge >= 0.3 is 0 Å². The Balaban J connectivity index is 1.89. The summed E-state index contributed by atoms with van der Waals surface area (Å²) in [6, 6.07) is 17.2. The highest BCUT2D eigenvalue weighted by Gasteiger charge is 2.61. The number of nitriles is 1. The second-order valence-corrected chi connectivity index (χ2v) is 9.56. The van der Waals surface area contributed by atoms with E-state index in [0.717, 1.165) is 11.3 Å². The summed E-state index contributed by atoms with van der Waals surface area (Å²) in [6.07, 6.45) is 0.849. The summed E-state index contributed by atoms with van der Waals surface area (Å²) in [7, 11) is 0. The summed E-state index contributed by atoms with van der Waals surface area (Å²) in [4.78, 5) is 29.1. The fourth-order valence-corrected chi connectivity index (χ4v) is 5.36. The number of hydrogen-bond donors (Lipinski definition) is 2. The molecular weight excluding hydrogens is 400 g/mol. The molecule has 0 fully saturated rings. The van der Waals surface area contributed by atoms with E-state index in [1.165, 1.54) is 0 Å². The van der Waals surface area contributed by atoms with Crippen molar-refractivity contribution in [2.24, 2.45) is 11.1 Å². The van der Waals surface area contributed by atoms with Gasteiger partial charge in [0.25, 0.3) is 0 Å². The van der Waals surface area contributed by atoms with Gasteiger partial charge in [-0.25, -0.2) is 0 Å². The summed E-state index contributed by atoms with van der Waals surface area (Å²) in [5.74, 6) is -0.338. The van der Waals surface area contributed by atoms with Gasteiger partial charge in [0, 0.05) is 34.6 Å². The van der Waals surface area contributed by atoms with E-state index in [1.54, 1.807) is 17.0 Å². The van der Waals surface area contributed by atoms with E-state index < -0.39 is 11.3 Å². The first-order chi connectivity index (χ1) is 15.2. The van der Waals surface area contributed by atoms with Gasteiger partial charge in [0.05, 0.1) is 5.57 Å². The maximum atomic E-state index is 13.7. The molecule has 1 aliphatic carbocycles. The highest BCUT2D eigenvalue weighted by molar-refractivity contribution is 6.20. The number of hydrogen-bond acceptors (Lipinski definition) is 5. The number of nitrogens with zero attached hydrogens (tertiary/aromatic N) is 2. The molecule has 32 heavy (non-hydrogen) atoms. The lowest BCUT2D eigenvalue weighted by atomic mass is 9.61. The fraction of sp³-hybridized carbons (Fsp3) is 0.269. The van der Waals surface area contributed by atoms with Crippen molar-refractivity contribution in [3.05, 3.63) is 82.3 Å². The molecule has 2 aromatic carbocycles. The van der Waals surface area contributed by atoms with Gasteiger partial charge in [0.2, 0.25) is 5.91 Å². The molecular formula is C26H24N4O2. The van der Waals surface area contributed by atoms with E-state index in [1.807, 2.05) is 57.2 Å². The Morgan fingerprint density at radius 2 is 1.75 bits per heavy atom. The predicted octanol–water partition coefficient (Wildman–Crippen LogP) is 4.04. The number of benzene rings is 2. The van der Waals surface area contributed by atoms with Crippen LogP contribution >= 0.6 is 0 Å². The lowest BCUT2D eigenvalue weighted by Gasteiger charge is -2.46. The molecule has 2 aliphatic heterocycles. The minimum atomic E-state index is -1.53. The third-order valence-electron chi connectivity index (χ3n) is 6.69. The molecule has 1 spiro atoms. The number of carbonyl (C=O) groups excluding carboxylic acids is 2. The first-order valence-corrected chi connectivity index (χ1v) is 10.7. The van der Waals surface area contributed by atoms with Crippen LogP contribution in [0.1, 0.15) is 37.8 Å². The number of nitrogens with two attached hydrogens (primary N) is 1. The Kier molecular flexibility index (Phi) is 4.12. The van der Waals surface area contributed by atoms with Crippen molar-refractivity contribution >= 4 is 23.1 Å². The van der Waals surface area contributed by atoms with E-state index in [9.17, 15) is 14.9 Å². The van der Waals surface area contributed by atoms with Crippen LogP contribution in [0.5, 0.6) is 0 Å². The predicted molar refractivity (Wildman–Crippen MR) is 122 cm³/mol. The molecule has 1 atom stereocenters. The van der Waals surface area contributed by atoms with Crippen LogP contribution < -0.4 is 16.0 Å². The topological polar surface area (TPSA) is 99.2 Å². The van der Waals surface area contributed by atoms with Crippen LogP contribution in [0, 0.1) is 23.7 Å². The molecule has 2 aromatic rings. The number of Topliss-reactive ketones (excluding diaryl/α,β-unsaturated/α-hetero) is 1. The highest BCUT2D eigenvalue weighted by Crippen LogP contribution is 2.56. The average molecular weight is 425 g/mol. The third kappa shape index (κ3) is 2.51. The number of para-hydroxylation sites is 1. The average Bonchev–Trinajstić information content (AvgIpc) is 3.01. The lowest BCUT2D eigenvalue weighted by Crippen LogP contribution is -2.52. The summed E-state index contributed by atoms with van der Waals surface area (Å²) in [6.45, 7) is 6.07. The molecule has 0 bridgehead atoms. The monoisotopic (exact) mass is 424 g/mol. The maximum absolute atomic E-state index is 13.7. The van der Waals surface area contributed by atoms with Gasteiger partial charge in [-0.2, -0.15) is 5.26 Å². The Bertz CT molecular complexity index is 1290. The molecule has 2 heterocycles. The number of ketones is 1. The van der Waals surface area contributed by atoms with Crippen LogP contribution in [-0.4, -0.2) is 11.7 Å². The van der Waals surface area contributed by atoms with E-state index in [0.29, 0.717) is 35.4 Å². The van der Waals surface area contributed by atoms with Crippen LogP contribution in [-0.2, 0) is 15.0 Å². The van der Waals surface area contributed by atoms with Crippen molar-refractivity contribution in [3.63, 3.8) is 0 Å². The maximum Gasteiger partial charge on any atom is 0.245 e. The summed E-state index contributed by atoms with van der Waals surface area (Å²) in [5, 5.41) is 13.2. The van der Waals surface area contributed by atoms with Crippen LogP contribution in [0.25, 0.3) is 0 Å². The van der Waals surface area contributed by atoms with Crippen LogP contribution in [0.15, 0.2) is 71.2 Å². The molecule has 3 N–H and O–H groups in total. The number of allylic oxidation sites excluding steroid dienone is 1. The number of fused-ring (bicyclic) bond motifs is 3. The van der Waals surface area contributed by atoms with Gasteiger partial charge in [-0.3, -0.25) is 14.5 Å². The molecule has 5 rings (SSSR count). The normalized spacial score (nSPS) is 23.8. The summed E-state index contributed by atoms with van der Waals surface area (Å²) < 4.78 is 0. The van der Waals surface area contributed by atoms with E-state index in [4.69, 9.17) is 5.73 Å². The fourth-order valence-electron chi connectivity index (χ4n) is 5.36. The zero-order chi connectivity index (χ0) is 22.8. The smallest absolute Gasteiger partial charge is 0.245 e. The number of rotatable bonds is 1. The number of carbonyl (C=O) groups is 2. The standard InChI is InChI=1S/C26H24N4O2/c1-15-8-10-16(11-9-15)30-20-12-25(2,3)13-21(31)22(20)26(18(14-27)23(30)28)17-6-4-5-7-19(17)29-24(26)32/h4-11H,12-13,28H2,1-3H3,(H,29,32)/t26-/m0/s1. The molecule has 1 amide bonds. The zero-order valence-electron chi connectivity index (χ0n) is 18.3. The third-order valence-corrected chi connectivity index (χ3v) is 6.69. The second-order valence-electron chi connectivity index (χ2n) is 9.56. The van der Waals surface area contributed by atoms with Gasteiger partial charge in [-0.05, 0) is 37.0 Å². The molecule has 6 nitrogen and oxygen atoms in total. The quantitative estimate of drug-likeness (QED) is 0.720. The van der Waals surface area contributed by atoms with Gasteiger partial charge in [0.1, 0.15) is 17.3 Å². The molecule has 3 aliphatic rings. The molecule has 0 saturated carbocycles. The Labute approximate surface area is 187 Å². The summed E-state index contributed by atoms with van der Waals surface area (Å²) >= 11 is 0. The Hall–Kier alpha value is -3.85. The van der Waals surface area contributed by atoms with Crippen molar-refractivity contribution in [2.75, 3.05) is 10.2 Å². The van der Waals surface area contributed by atoms with Gasteiger partial charge < -0.3 is 11.1 Å². The van der Waals surface area contributed by atoms with Crippen molar-refractivity contribution in [1.82, 2.24) is 0 Å². The van der Waals surface area contributed by atoms with Crippen LogP contribution in [0.2, 0.25) is 0 Å². The summed E-state index contributed by atoms with van der Waals surface area (Å²) in [5.41, 5.74) is 9.05. The van der Waals surface area contributed by atoms with E-state index in [-0.39, 0.29) is 22.6 Å². The largest absolute Gasteiger partial charge is 0.384 e. The van der Waals surface area contributed by atoms with E-state index >= 15 is 0 Å². The zero-order valence-corrected chi connectivity index (χ0v) is 18.3. The minimum Gasteiger partial charge on any atom is -0.384 e. The first kappa shape index (κ1) is 20.1. The molecule has 0 saturated heterocycles. The molecule has 0 radical (unpaired) electrons. The second kappa shape index (κ2) is 6.57. The van der Waals surface area contributed by atoms with Crippen molar-refractivity contribution in [2.45, 2.75) is 39.0 Å². The SMILES string of the molecule is Cc1ccc(N2C(N)=C(C#N)[C@]3(C(=O)Nc4ccccc43)C3=C2CC(C)(C)CC3=O)cc1. The van der Waals surface area contributed by atoms with Crippen molar-refractivity contribution in [3.8, 4) is 6.07 Å². The molecule has 160 valence electrons. The number of aryl methyl sites for hydroxylation is 1. The van der Waals surface area contributed by atoms with Crippen LogP contribution in [0.3, 0.4) is 0 Å². The number of amides is 1. The van der Waals surface area contributed by atoms with Crippen LogP contribution in [0.4, 0.5) is 11.4 Å². The Morgan fingerprint density at radius 1 is 1.06 bits per heavy atom. The van der Waals surface area contributed by atoms with E-state index in [2.05, 4.69) is 11.4 Å². The molecule has 6 heteroatoms. The highest BCUT2D eigenvalue weighted by atomic mass is 16.2. The first-order valence-electron chi connectivity index (χ1n) is 10.7. The minimum absolute atomic E-state index is 0.0901. The van der Waals surface area contributed by atoms with Gasteiger partial charge in [-0.1, -0.05) is 49.7 Å². The van der Waals surface area contributed by atoms with Gasteiger partial charge in [0.15, 0.2) is 5.78 Å². The van der Waals surface area contributed by atoms with Crippen molar-refractivity contribution in [1.29, 1.82) is 5.26 Å². The number of nitrogens with one attached hydrogen (secondary N) is 1. The molecule has 0 unspecified atom stereocenters. The van der Waals surface area contributed by atoms with Crippen molar-refractivity contribution < 1.29 is 9.59 Å². The number of anilines is 2. The van der Waals surface area contributed by atoms with Gasteiger partial charge in [-0.15, -0.1) is 0 Å².